The van der Waals surface area contributed by atoms with Crippen molar-refractivity contribution in [3.63, 3.8) is 0 Å². The Labute approximate surface area is 149 Å². The molecule has 1 heterocycles. The number of methoxy groups -OCH3 is 1. The van der Waals surface area contributed by atoms with E-state index in [2.05, 4.69) is 20.7 Å². The predicted molar refractivity (Wildman–Crippen MR) is 92.0 cm³/mol. The number of carbonyl (C=O) groups excluding carboxylic acids is 3. The summed E-state index contributed by atoms with van der Waals surface area (Å²) in [5.74, 6) is -0.513. The van der Waals surface area contributed by atoms with Crippen LogP contribution in [0, 0.1) is 0 Å². The van der Waals surface area contributed by atoms with Gasteiger partial charge in [0.1, 0.15) is 0 Å². The molecule has 2 rings (SSSR count). The molecule has 2 amide bonds. The monoisotopic (exact) mass is 396 g/mol. The van der Waals surface area contributed by atoms with Crippen LogP contribution in [0.25, 0.3) is 0 Å². The molecule has 0 atom stereocenters. The Bertz CT molecular complexity index is 603. The van der Waals surface area contributed by atoms with Crippen molar-refractivity contribution in [2.45, 2.75) is 32.1 Å². The lowest BCUT2D eigenvalue weighted by molar-refractivity contribution is -0.142. The normalized spacial score (nSPS) is 13.9. The summed E-state index contributed by atoms with van der Waals surface area (Å²) in [6.07, 6.45) is 2.61. The standard InChI is InChI=1S/C17H21BrN2O4/c1-24-16(22)6-3-2-5-15(21)19-11-4-12-20(19)17(23)13-7-9-14(18)10-8-13/h7-10H,2-6,11-12H2,1H3. The Balaban J connectivity index is 1.89. The molecule has 1 aliphatic rings. The SMILES string of the molecule is COC(=O)CCCCC(=O)N1CCCN1C(=O)c1ccc(Br)cc1. The van der Waals surface area contributed by atoms with Crippen molar-refractivity contribution in [2.24, 2.45) is 0 Å². The van der Waals surface area contributed by atoms with Crippen molar-refractivity contribution in [3.05, 3.63) is 34.3 Å². The first-order chi connectivity index (χ1) is 11.5. The number of amides is 2. The van der Waals surface area contributed by atoms with Crippen molar-refractivity contribution in [2.75, 3.05) is 20.2 Å². The number of halogens is 1. The molecule has 0 bridgehead atoms. The van der Waals surface area contributed by atoms with Crippen molar-refractivity contribution in [1.29, 1.82) is 0 Å². The van der Waals surface area contributed by atoms with Crippen molar-refractivity contribution in [3.8, 4) is 0 Å². The minimum Gasteiger partial charge on any atom is -0.469 e. The van der Waals surface area contributed by atoms with Crippen LogP contribution in [0.3, 0.4) is 0 Å². The third-order valence-corrected chi connectivity index (χ3v) is 4.42. The van der Waals surface area contributed by atoms with E-state index in [0.717, 1.165) is 10.9 Å². The molecule has 130 valence electrons. The van der Waals surface area contributed by atoms with Gasteiger partial charge >= 0.3 is 5.97 Å². The number of rotatable bonds is 6. The highest BCUT2D eigenvalue weighted by Gasteiger charge is 2.30. The van der Waals surface area contributed by atoms with Crippen LogP contribution in [-0.2, 0) is 14.3 Å². The van der Waals surface area contributed by atoms with Gasteiger partial charge < -0.3 is 4.74 Å². The second-order valence-corrected chi connectivity index (χ2v) is 6.50. The number of esters is 1. The number of hydrogen-bond donors (Lipinski definition) is 0. The Morgan fingerprint density at radius 2 is 1.67 bits per heavy atom. The van der Waals surface area contributed by atoms with E-state index in [0.29, 0.717) is 44.3 Å². The highest BCUT2D eigenvalue weighted by molar-refractivity contribution is 9.10. The van der Waals surface area contributed by atoms with Gasteiger partial charge in [0.05, 0.1) is 7.11 Å². The van der Waals surface area contributed by atoms with Crippen LogP contribution >= 0.6 is 15.9 Å². The molecule has 0 aliphatic carbocycles. The van der Waals surface area contributed by atoms with E-state index in [1.54, 1.807) is 12.1 Å². The van der Waals surface area contributed by atoms with Gasteiger partial charge in [0.2, 0.25) is 5.91 Å². The quantitative estimate of drug-likeness (QED) is 0.547. The van der Waals surface area contributed by atoms with Crippen LogP contribution in [-0.4, -0.2) is 48.0 Å². The fraction of sp³-hybridized carbons (Fsp3) is 0.471. The number of hydrogen-bond acceptors (Lipinski definition) is 4. The van der Waals surface area contributed by atoms with E-state index in [-0.39, 0.29) is 17.8 Å². The van der Waals surface area contributed by atoms with Crippen LogP contribution in [0.2, 0.25) is 0 Å². The van der Waals surface area contributed by atoms with Crippen LogP contribution < -0.4 is 0 Å². The lowest BCUT2D eigenvalue weighted by Gasteiger charge is -2.28. The van der Waals surface area contributed by atoms with Gasteiger partial charge in [0.25, 0.3) is 5.91 Å². The molecule has 7 heteroatoms. The van der Waals surface area contributed by atoms with E-state index in [1.807, 2.05) is 12.1 Å². The number of hydrazine groups is 1. The van der Waals surface area contributed by atoms with Gasteiger partial charge in [-0.15, -0.1) is 0 Å². The topological polar surface area (TPSA) is 66.9 Å². The minimum absolute atomic E-state index is 0.0807. The molecule has 0 unspecified atom stereocenters. The zero-order valence-corrected chi connectivity index (χ0v) is 15.3. The molecule has 1 aromatic carbocycles. The number of benzene rings is 1. The Kier molecular flexibility index (Phi) is 6.78. The van der Waals surface area contributed by atoms with E-state index in [9.17, 15) is 14.4 Å². The molecule has 1 saturated heterocycles. The maximum absolute atomic E-state index is 12.6. The molecule has 1 aromatic rings. The zero-order valence-electron chi connectivity index (χ0n) is 13.7. The fourth-order valence-electron chi connectivity index (χ4n) is 2.60. The highest BCUT2D eigenvalue weighted by Crippen LogP contribution is 2.19. The summed E-state index contributed by atoms with van der Waals surface area (Å²) in [6, 6.07) is 7.10. The lowest BCUT2D eigenvalue weighted by atomic mass is 10.2. The molecule has 0 saturated carbocycles. The fourth-order valence-corrected chi connectivity index (χ4v) is 2.86. The van der Waals surface area contributed by atoms with E-state index in [1.165, 1.54) is 17.1 Å². The van der Waals surface area contributed by atoms with Crippen LogP contribution in [0.1, 0.15) is 42.5 Å². The van der Waals surface area contributed by atoms with E-state index >= 15 is 0 Å². The first-order valence-corrected chi connectivity index (χ1v) is 8.76. The zero-order chi connectivity index (χ0) is 17.5. The Hall–Kier alpha value is -1.89. The van der Waals surface area contributed by atoms with Crippen molar-refractivity contribution in [1.82, 2.24) is 10.0 Å². The van der Waals surface area contributed by atoms with Gasteiger partial charge in [-0.05, 0) is 43.5 Å². The molecule has 6 nitrogen and oxygen atoms in total. The lowest BCUT2D eigenvalue weighted by Crippen LogP contribution is -2.44. The molecule has 0 N–H and O–H groups in total. The molecule has 1 fully saturated rings. The number of nitrogens with zero attached hydrogens (tertiary/aromatic N) is 2. The summed E-state index contributed by atoms with van der Waals surface area (Å²) in [7, 11) is 1.35. The van der Waals surface area contributed by atoms with Gasteiger partial charge in [-0.25, -0.2) is 5.01 Å². The summed E-state index contributed by atoms with van der Waals surface area (Å²) in [6.45, 7) is 1.10. The minimum atomic E-state index is -0.268. The van der Waals surface area contributed by atoms with Crippen LogP contribution in [0.15, 0.2) is 28.7 Å². The van der Waals surface area contributed by atoms with Crippen LogP contribution in [0.4, 0.5) is 0 Å². The Morgan fingerprint density at radius 3 is 2.33 bits per heavy atom. The maximum Gasteiger partial charge on any atom is 0.305 e. The summed E-state index contributed by atoms with van der Waals surface area (Å²) in [5, 5.41) is 3.05. The molecular formula is C17H21BrN2O4. The summed E-state index contributed by atoms with van der Waals surface area (Å²) in [5.41, 5.74) is 0.559. The van der Waals surface area contributed by atoms with E-state index in [4.69, 9.17) is 0 Å². The molecule has 1 aliphatic heterocycles. The molecule has 0 aromatic heterocycles. The third-order valence-electron chi connectivity index (χ3n) is 3.89. The number of unbranched alkanes of at least 4 members (excludes halogenated alkanes) is 1. The summed E-state index contributed by atoms with van der Waals surface area (Å²) < 4.78 is 5.47. The van der Waals surface area contributed by atoms with Gasteiger partial charge in [-0.1, -0.05) is 15.9 Å². The van der Waals surface area contributed by atoms with Gasteiger partial charge in [0.15, 0.2) is 0 Å². The number of ether oxygens (including phenoxy) is 1. The van der Waals surface area contributed by atoms with Gasteiger partial charge in [0, 0.05) is 36.0 Å². The number of carbonyl (C=O) groups is 3. The molecule has 24 heavy (non-hydrogen) atoms. The third kappa shape index (κ3) is 4.80. The van der Waals surface area contributed by atoms with Gasteiger partial charge in [-0.3, -0.25) is 19.4 Å². The maximum atomic E-state index is 12.6. The largest absolute Gasteiger partial charge is 0.469 e. The molecule has 0 radical (unpaired) electrons. The molecule has 0 spiro atoms. The van der Waals surface area contributed by atoms with Crippen molar-refractivity contribution < 1.29 is 19.1 Å². The van der Waals surface area contributed by atoms with Crippen molar-refractivity contribution >= 4 is 33.7 Å². The first kappa shape index (κ1) is 18.4. The molecular weight excluding hydrogens is 376 g/mol. The smallest absolute Gasteiger partial charge is 0.305 e. The van der Waals surface area contributed by atoms with E-state index < -0.39 is 0 Å². The summed E-state index contributed by atoms with van der Waals surface area (Å²) >= 11 is 3.34. The Morgan fingerprint density at radius 1 is 1.04 bits per heavy atom. The van der Waals surface area contributed by atoms with Gasteiger partial charge in [-0.2, -0.15) is 0 Å². The first-order valence-electron chi connectivity index (χ1n) is 7.97. The summed E-state index contributed by atoms with van der Waals surface area (Å²) in [4.78, 5) is 36.0. The average Bonchev–Trinajstić information content (AvgIpc) is 3.08. The van der Waals surface area contributed by atoms with Crippen LogP contribution in [0.5, 0.6) is 0 Å². The second kappa shape index (κ2) is 8.82. The second-order valence-electron chi connectivity index (χ2n) is 5.59. The highest BCUT2D eigenvalue weighted by atomic mass is 79.9. The average molecular weight is 397 g/mol. The predicted octanol–water partition coefficient (Wildman–Crippen LogP) is 2.77.